The van der Waals surface area contributed by atoms with Crippen molar-refractivity contribution < 1.29 is 0 Å². The number of pyridine rings is 1. The molecule has 1 atom stereocenters. The predicted molar refractivity (Wildman–Crippen MR) is 109 cm³/mol. The Morgan fingerprint density at radius 2 is 2.04 bits per heavy atom. The summed E-state index contributed by atoms with van der Waals surface area (Å²) in [6.07, 6.45) is 1.23. The van der Waals surface area contributed by atoms with E-state index in [-0.39, 0.29) is 5.56 Å². The lowest BCUT2D eigenvalue weighted by atomic mass is 9.78. The van der Waals surface area contributed by atoms with Crippen LogP contribution in [0.1, 0.15) is 30.5 Å². The minimum absolute atomic E-state index is 0.0704. The molecule has 2 aromatic heterocycles. The number of H-pyrrole nitrogens is 1. The lowest BCUT2D eigenvalue weighted by molar-refractivity contribution is 0.607. The zero-order valence-corrected chi connectivity index (χ0v) is 16.2. The third kappa shape index (κ3) is 2.95. The molecule has 0 fully saturated rings. The predicted octanol–water partition coefficient (Wildman–Crippen LogP) is 3.40. The highest BCUT2D eigenvalue weighted by Gasteiger charge is 2.27. The van der Waals surface area contributed by atoms with Gasteiger partial charge in [0.05, 0.1) is 17.0 Å². The van der Waals surface area contributed by atoms with Gasteiger partial charge < -0.3 is 4.98 Å². The quantitative estimate of drug-likeness (QED) is 0.596. The molecule has 1 N–H and O–H groups in total. The van der Waals surface area contributed by atoms with Gasteiger partial charge >= 0.3 is 0 Å². The molecular weight excluding hydrogens is 350 g/mol. The smallest absolute Gasteiger partial charge is 0.251 e. The van der Waals surface area contributed by atoms with Crippen molar-refractivity contribution in [3.05, 3.63) is 69.5 Å². The van der Waals surface area contributed by atoms with Crippen molar-refractivity contribution >= 4 is 21.9 Å². The van der Waals surface area contributed by atoms with Crippen molar-refractivity contribution in [1.29, 1.82) is 5.26 Å². The van der Waals surface area contributed by atoms with Gasteiger partial charge in [-0.2, -0.15) is 5.26 Å². The Balaban J connectivity index is 1.75. The number of nitrogens with one attached hydrogen (secondary N) is 1. The van der Waals surface area contributed by atoms with Crippen LogP contribution in [-0.2, 0) is 25.3 Å². The normalized spacial score (nSPS) is 13.5. The third-order valence-corrected chi connectivity index (χ3v) is 5.42. The Kier molecular flexibility index (Phi) is 4.23. The minimum atomic E-state index is -0.732. The lowest BCUT2D eigenvalue weighted by Gasteiger charge is -2.23. The van der Waals surface area contributed by atoms with Gasteiger partial charge in [-0.15, -0.1) is 5.10 Å². The number of hydrogen-bond donors (Lipinski definition) is 1. The number of aromatic amines is 1. The van der Waals surface area contributed by atoms with Crippen LogP contribution in [0.25, 0.3) is 21.9 Å². The van der Waals surface area contributed by atoms with Gasteiger partial charge in [0.1, 0.15) is 5.52 Å². The molecule has 0 spiro atoms. The Morgan fingerprint density at radius 1 is 1.21 bits per heavy atom. The van der Waals surface area contributed by atoms with Crippen LogP contribution in [0.3, 0.4) is 0 Å². The van der Waals surface area contributed by atoms with Crippen molar-refractivity contribution in [2.24, 2.45) is 7.05 Å². The fraction of sp³-hybridized carbons (Fsp3) is 0.273. The molecule has 0 radical (unpaired) electrons. The van der Waals surface area contributed by atoms with Gasteiger partial charge in [0.15, 0.2) is 0 Å². The van der Waals surface area contributed by atoms with Crippen LogP contribution >= 0.6 is 0 Å². The molecule has 1 unspecified atom stereocenters. The molecule has 140 valence electrons. The van der Waals surface area contributed by atoms with Gasteiger partial charge in [0.25, 0.3) is 5.56 Å². The maximum absolute atomic E-state index is 12.2. The average Bonchev–Trinajstić information content (AvgIpc) is 3.07. The maximum Gasteiger partial charge on any atom is 0.251 e. The average molecular weight is 371 g/mol. The second-order valence-corrected chi connectivity index (χ2v) is 7.44. The van der Waals surface area contributed by atoms with Gasteiger partial charge in [-0.25, -0.2) is 4.68 Å². The van der Waals surface area contributed by atoms with E-state index < -0.39 is 5.41 Å². The summed E-state index contributed by atoms with van der Waals surface area (Å²) >= 11 is 0. The Bertz CT molecular complexity index is 1290. The van der Waals surface area contributed by atoms with Crippen LogP contribution in [-0.4, -0.2) is 20.0 Å². The van der Waals surface area contributed by atoms with Gasteiger partial charge in [0.2, 0.25) is 0 Å². The van der Waals surface area contributed by atoms with E-state index in [0.717, 1.165) is 38.6 Å². The molecule has 4 rings (SSSR count). The largest absolute Gasteiger partial charge is 0.322 e. The lowest BCUT2D eigenvalue weighted by Crippen LogP contribution is -2.23. The standard InChI is InChI=1S/C22H21N5O/c1-4-15-10-16-6-7-17(11-18(16)24-21(15)28)22(2,13-23)12-14-5-8-20-19(9-14)25-26-27(20)3/h5-11H,4,12H2,1-3H3,(H,24,28). The number of nitriles is 1. The molecule has 0 saturated carbocycles. The van der Waals surface area contributed by atoms with E-state index in [4.69, 9.17) is 0 Å². The topological polar surface area (TPSA) is 87.4 Å². The summed E-state index contributed by atoms with van der Waals surface area (Å²) in [5.41, 5.74) is 4.39. The molecule has 0 aliphatic carbocycles. The zero-order valence-electron chi connectivity index (χ0n) is 16.2. The molecule has 2 heterocycles. The van der Waals surface area contributed by atoms with Gasteiger partial charge in [-0.05, 0) is 60.5 Å². The fourth-order valence-electron chi connectivity index (χ4n) is 3.66. The van der Waals surface area contributed by atoms with E-state index in [1.807, 2.05) is 63.4 Å². The van der Waals surface area contributed by atoms with E-state index in [0.29, 0.717) is 12.8 Å². The highest BCUT2D eigenvalue weighted by Crippen LogP contribution is 2.30. The highest BCUT2D eigenvalue weighted by molar-refractivity contribution is 5.80. The fourth-order valence-corrected chi connectivity index (χ4v) is 3.66. The summed E-state index contributed by atoms with van der Waals surface area (Å²) in [6, 6.07) is 16.2. The first-order valence-corrected chi connectivity index (χ1v) is 9.29. The molecule has 0 bridgehead atoms. The van der Waals surface area contributed by atoms with E-state index in [9.17, 15) is 10.1 Å². The zero-order chi connectivity index (χ0) is 19.9. The van der Waals surface area contributed by atoms with Crippen LogP contribution in [0.15, 0.2) is 47.3 Å². The molecule has 0 amide bonds. The number of nitrogens with zero attached hydrogens (tertiary/aromatic N) is 4. The van der Waals surface area contributed by atoms with E-state index in [1.165, 1.54) is 0 Å². The van der Waals surface area contributed by atoms with Crippen LogP contribution in [0.5, 0.6) is 0 Å². The number of hydrogen-bond acceptors (Lipinski definition) is 4. The van der Waals surface area contributed by atoms with Crippen molar-refractivity contribution in [1.82, 2.24) is 20.0 Å². The molecule has 0 aliphatic heterocycles. The summed E-state index contributed by atoms with van der Waals surface area (Å²) in [7, 11) is 1.86. The van der Waals surface area contributed by atoms with Crippen molar-refractivity contribution in [2.45, 2.75) is 32.1 Å². The summed E-state index contributed by atoms with van der Waals surface area (Å²) in [5, 5.41) is 19.1. The van der Waals surface area contributed by atoms with E-state index in [2.05, 4.69) is 21.4 Å². The second kappa shape index (κ2) is 6.61. The highest BCUT2D eigenvalue weighted by atomic mass is 16.1. The summed E-state index contributed by atoms with van der Waals surface area (Å²) in [5.74, 6) is 0. The maximum atomic E-state index is 12.2. The Hall–Kier alpha value is -3.46. The second-order valence-electron chi connectivity index (χ2n) is 7.44. The molecule has 4 aromatic rings. The molecular formula is C22H21N5O. The number of fused-ring (bicyclic) bond motifs is 2. The molecule has 6 nitrogen and oxygen atoms in total. The SMILES string of the molecule is CCc1cc2ccc(C(C)(C#N)Cc3ccc4c(c3)nnn4C)cc2[nH]c1=O. The molecule has 6 heteroatoms. The number of aryl methyl sites for hydroxylation is 2. The first-order valence-electron chi connectivity index (χ1n) is 9.29. The summed E-state index contributed by atoms with van der Waals surface area (Å²) < 4.78 is 1.73. The number of aromatic nitrogens is 4. The minimum Gasteiger partial charge on any atom is -0.322 e. The van der Waals surface area contributed by atoms with Crippen LogP contribution in [0, 0.1) is 11.3 Å². The van der Waals surface area contributed by atoms with Gasteiger partial charge in [-0.3, -0.25) is 4.79 Å². The number of benzene rings is 2. The molecule has 28 heavy (non-hydrogen) atoms. The molecule has 2 aromatic carbocycles. The first-order chi connectivity index (χ1) is 13.4. The monoisotopic (exact) mass is 371 g/mol. The first kappa shape index (κ1) is 17.9. The summed E-state index contributed by atoms with van der Waals surface area (Å²) in [4.78, 5) is 15.1. The van der Waals surface area contributed by atoms with Crippen LogP contribution < -0.4 is 5.56 Å². The Morgan fingerprint density at radius 3 is 2.79 bits per heavy atom. The number of rotatable bonds is 4. The van der Waals surface area contributed by atoms with Crippen LogP contribution in [0.4, 0.5) is 0 Å². The van der Waals surface area contributed by atoms with Gasteiger partial charge in [-0.1, -0.05) is 30.3 Å². The van der Waals surface area contributed by atoms with E-state index in [1.54, 1.807) is 4.68 Å². The third-order valence-electron chi connectivity index (χ3n) is 5.42. The van der Waals surface area contributed by atoms with Crippen molar-refractivity contribution in [2.75, 3.05) is 0 Å². The Labute approximate surface area is 162 Å². The van der Waals surface area contributed by atoms with Crippen molar-refractivity contribution in [3.8, 4) is 6.07 Å². The van der Waals surface area contributed by atoms with E-state index >= 15 is 0 Å². The van der Waals surface area contributed by atoms with Gasteiger partial charge in [0, 0.05) is 18.1 Å². The molecule has 0 saturated heterocycles. The van der Waals surface area contributed by atoms with Crippen molar-refractivity contribution in [3.63, 3.8) is 0 Å². The summed E-state index contributed by atoms with van der Waals surface area (Å²) in [6.45, 7) is 3.89. The molecule has 0 aliphatic rings. The van der Waals surface area contributed by atoms with Crippen LogP contribution in [0.2, 0.25) is 0 Å².